The predicted molar refractivity (Wildman–Crippen MR) is 96.7 cm³/mol. The van der Waals surface area contributed by atoms with Gasteiger partial charge in [0.1, 0.15) is 17.3 Å². The lowest BCUT2D eigenvalue weighted by atomic mass is 10.2. The van der Waals surface area contributed by atoms with Crippen LogP contribution in [0.1, 0.15) is 15.9 Å². The van der Waals surface area contributed by atoms with E-state index in [-0.39, 0.29) is 5.56 Å². The normalized spacial score (nSPS) is 11.1. The Labute approximate surface area is 145 Å². The molecule has 0 atom stereocenters. The monoisotopic (exact) mass is 332 g/mol. The summed E-state index contributed by atoms with van der Waals surface area (Å²) in [6.45, 7) is 0. The summed E-state index contributed by atoms with van der Waals surface area (Å²) < 4.78 is 5.79. The van der Waals surface area contributed by atoms with Crippen molar-refractivity contribution < 1.29 is 14.6 Å². The summed E-state index contributed by atoms with van der Waals surface area (Å²) in [5, 5.41) is 8.91. The van der Waals surface area contributed by atoms with Crippen molar-refractivity contribution in [1.29, 1.82) is 0 Å². The SMILES string of the molecule is NC(=Nc1ccc(C(=O)O)cc1)c1cccc(Oc2ccccc2)c1. The van der Waals surface area contributed by atoms with Crippen molar-refractivity contribution in [3.05, 3.63) is 90.0 Å². The van der Waals surface area contributed by atoms with Crippen LogP contribution in [0.3, 0.4) is 0 Å². The molecule has 0 spiro atoms. The lowest BCUT2D eigenvalue weighted by Crippen LogP contribution is -2.12. The molecule has 0 saturated heterocycles. The summed E-state index contributed by atoms with van der Waals surface area (Å²) in [6.07, 6.45) is 0. The highest BCUT2D eigenvalue weighted by molar-refractivity contribution is 5.99. The maximum atomic E-state index is 10.9. The fourth-order valence-electron chi connectivity index (χ4n) is 2.23. The smallest absolute Gasteiger partial charge is 0.335 e. The van der Waals surface area contributed by atoms with Gasteiger partial charge in [-0.2, -0.15) is 0 Å². The largest absolute Gasteiger partial charge is 0.478 e. The van der Waals surface area contributed by atoms with Crippen LogP contribution < -0.4 is 10.5 Å². The number of benzene rings is 3. The summed E-state index contributed by atoms with van der Waals surface area (Å²) in [5.74, 6) is 0.735. The second kappa shape index (κ2) is 7.31. The first-order valence-corrected chi connectivity index (χ1v) is 7.63. The Bertz CT molecular complexity index is 904. The number of aromatic carboxylic acids is 1. The molecule has 0 amide bonds. The number of carboxylic acid groups (broad SMARTS) is 1. The maximum absolute atomic E-state index is 10.9. The molecule has 0 saturated carbocycles. The van der Waals surface area contributed by atoms with Crippen molar-refractivity contribution in [1.82, 2.24) is 0 Å². The number of nitrogens with zero attached hydrogens (tertiary/aromatic N) is 1. The van der Waals surface area contributed by atoms with Crippen LogP contribution in [0.2, 0.25) is 0 Å². The summed E-state index contributed by atoms with van der Waals surface area (Å²) in [6, 6.07) is 23.0. The van der Waals surface area contributed by atoms with E-state index in [1.807, 2.05) is 48.5 Å². The van der Waals surface area contributed by atoms with Gasteiger partial charge in [0.2, 0.25) is 0 Å². The fraction of sp³-hybridized carbons (Fsp3) is 0. The average molecular weight is 332 g/mol. The Balaban J connectivity index is 1.80. The molecule has 5 heteroatoms. The zero-order valence-corrected chi connectivity index (χ0v) is 13.3. The first kappa shape index (κ1) is 16.3. The van der Waals surface area contributed by atoms with Gasteiger partial charge in [-0.1, -0.05) is 30.3 Å². The van der Waals surface area contributed by atoms with E-state index in [4.69, 9.17) is 15.6 Å². The van der Waals surface area contributed by atoms with Crippen LogP contribution in [0.15, 0.2) is 83.9 Å². The molecule has 3 aromatic carbocycles. The number of hydrogen-bond donors (Lipinski definition) is 2. The summed E-state index contributed by atoms with van der Waals surface area (Å²) in [4.78, 5) is 15.2. The van der Waals surface area contributed by atoms with Crippen LogP contribution in [-0.2, 0) is 0 Å². The lowest BCUT2D eigenvalue weighted by molar-refractivity contribution is 0.0697. The molecular formula is C20H16N2O3. The van der Waals surface area contributed by atoms with E-state index in [1.54, 1.807) is 18.2 Å². The van der Waals surface area contributed by atoms with Crippen molar-refractivity contribution in [3.63, 3.8) is 0 Å². The summed E-state index contributed by atoms with van der Waals surface area (Å²) in [5.41, 5.74) is 7.57. The predicted octanol–water partition coefficient (Wildman–Crippen LogP) is 4.21. The second-order valence-corrected chi connectivity index (χ2v) is 5.29. The third kappa shape index (κ3) is 4.23. The van der Waals surface area contributed by atoms with Crippen LogP contribution in [0.5, 0.6) is 11.5 Å². The average Bonchev–Trinajstić information content (AvgIpc) is 2.63. The number of para-hydroxylation sites is 1. The number of ether oxygens (including phenoxy) is 1. The van der Waals surface area contributed by atoms with Gasteiger partial charge in [-0.05, 0) is 48.5 Å². The Morgan fingerprint density at radius 2 is 1.52 bits per heavy atom. The molecule has 0 aliphatic rings. The maximum Gasteiger partial charge on any atom is 0.335 e. The standard InChI is InChI=1S/C20H16N2O3/c21-19(22-16-11-9-14(10-12-16)20(23)24)15-5-4-8-18(13-15)25-17-6-2-1-3-7-17/h1-13H,(H2,21,22)(H,23,24). The van der Waals surface area contributed by atoms with Crippen LogP contribution >= 0.6 is 0 Å². The van der Waals surface area contributed by atoms with Gasteiger partial charge in [-0.3, -0.25) is 0 Å². The zero-order valence-electron chi connectivity index (χ0n) is 13.3. The van der Waals surface area contributed by atoms with E-state index in [0.717, 1.165) is 11.3 Å². The van der Waals surface area contributed by atoms with Gasteiger partial charge in [-0.15, -0.1) is 0 Å². The number of amidine groups is 1. The summed E-state index contributed by atoms with van der Waals surface area (Å²) in [7, 11) is 0. The van der Waals surface area contributed by atoms with Crippen molar-refractivity contribution in [2.45, 2.75) is 0 Å². The second-order valence-electron chi connectivity index (χ2n) is 5.29. The minimum absolute atomic E-state index is 0.204. The molecule has 0 aliphatic carbocycles. The Kier molecular flexibility index (Phi) is 4.76. The van der Waals surface area contributed by atoms with Gasteiger partial charge in [0.15, 0.2) is 0 Å². The number of hydrogen-bond acceptors (Lipinski definition) is 3. The van der Waals surface area contributed by atoms with Gasteiger partial charge in [0, 0.05) is 5.56 Å². The van der Waals surface area contributed by atoms with Gasteiger partial charge in [0.05, 0.1) is 11.3 Å². The fourth-order valence-corrected chi connectivity index (χ4v) is 2.23. The van der Waals surface area contributed by atoms with Gasteiger partial charge >= 0.3 is 5.97 Å². The van der Waals surface area contributed by atoms with Crippen LogP contribution in [0.4, 0.5) is 5.69 Å². The van der Waals surface area contributed by atoms with Gasteiger partial charge in [0.25, 0.3) is 0 Å². The Hall–Kier alpha value is -3.60. The molecule has 0 fully saturated rings. The highest BCUT2D eigenvalue weighted by atomic mass is 16.5. The van der Waals surface area contributed by atoms with Crippen molar-refractivity contribution in [2.75, 3.05) is 0 Å². The Morgan fingerprint density at radius 1 is 0.840 bits per heavy atom. The molecule has 25 heavy (non-hydrogen) atoms. The molecular weight excluding hydrogens is 316 g/mol. The number of carboxylic acids is 1. The highest BCUT2D eigenvalue weighted by Gasteiger charge is 2.04. The highest BCUT2D eigenvalue weighted by Crippen LogP contribution is 2.22. The molecule has 0 aromatic heterocycles. The number of rotatable bonds is 5. The molecule has 0 radical (unpaired) electrons. The minimum atomic E-state index is -0.978. The van der Waals surface area contributed by atoms with E-state index in [2.05, 4.69) is 4.99 Å². The van der Waals surface area contributed by atoms with Crippen molar-refractivity contribution in [2.24, 2.45) is 10.7 Å². The van der Waals surface area contributed by atoms with E-state index in [1.165, 1.54) is 12.1 Å². The molecule has 124 valence electrons. The molecule has 0 aliphatic heterocycles. The minimum Gasteiger partial charge on any atom is -0.478 e. The molecule has 5 nitrogen and oxygen atoms in total. The zero-order chi connectivity index (χ0) is 17.6. The van der Waals surface area contributed by atoms with Gasteiger partial charge in [-0.25, -0.2) is 9.79 Å². The lowest BCUT2D eigenvalue weighted by Gasteiger charge is -2.07. The first-order chi connectivity index (χ1) is 12.1. The molecule has 0 bridgehead atoms. The van der Waals surface area contributed by atoms with E-state index >= 15 is 0 Å². The molecule has 0 unspecified atom stereocenters. The quantitative estimate of drug-likeness (QED) is 0.541. The molecule has 3 rings (SSSR count). The number of nitrogens with two attached hydrogens (primary N) is 1. The van der Waals surface area contributed by atoms with Crippen LogP contribution in [-0.4, -0.2) is 16.9 Å². The number of carbonyl (C=O) groups is 1. The third-order valence-electron chi connectivity index (χ3n) is 3.47. The van der Waals surface area contributed by atoms with Crippen LogP contribution in [0.25, 0.3) is 0 Å². The molecule has 3 N–H and O–H groups in total. The first-order valence-electron chi connectivity index (χ1n) is 7.63. The topological polar surface area (TPSA) is 84.9 Å². The third-order valence-corrected chi connectivity index (χ3v) is 3.47. The van der Waals surface area contributed by atoms with E-state index in [0.29, 0.717) is 17.3 Å². The van der Waals surface area contributed by atoms with Crippen LogP contribution in [0, 0.1) is 0 Å². The van der Waals surface area contributed by atoms with Gasteiger partial charge < -0.3 is 15.6 Å². The molecule has 0 heterocycles. The summed E-state index contributed by atoms with van der Waals surface area (Å²) >= 11 is 0. The molecule has 3 aromatic rings. The van der Waals surface area contributed by atoms with E-state index in [9.17, 15) is 4.79 Å². The van der Waals surface area contributed by atoms with Crippen molar-refractivity contribution >= 4 is 17.5 Å². The Morgan fingerprint density at radius 3 is 2.20 bits per heavy atom. The van der Waals surface area contributed by atoms with E-state index < -0.39 is 5.97 Å². The van der Waals surface area contributed by atoms with Crippen molar-refractivity contribution in [3.8, 4) is 11.5 Å². The number of aliphatic imine (C=N–C) groups is 1.